The maximum absolute atomic E-state index is 10.9. The molecule has 0 atom stereocenters. The first-order valence-electron chi connectivity index (χ1n) is 8.59. The summed E-state index contributed by atoms with van der Waals surface area (Å²) in [6.45, 7) is 0. The molecule has 0 fully saturated rings. The Labute approximate surface area is 146 Å². The second-order valence-electron chi connectivity index (χ2n) is 6.14. The van der Waals surface area contributed by atoms with Gasteiger partial charge in [0.1, 0.15) is 0 Å². The van der Waals surface area contributed by atoms with Crippen LogP contribution in [-0.4, -0.2) is 26.1 Å². The standard InChI is InChI=1S/C19H22N4O2/c24-19(21-25)10-4-2-1-3-9-17-14-23(22-20-17)18-12-11-15-7-5-6-8-16(15)13-18/h5-8,11-14,25H,1-4,9-10H2,(H,21,24). The molecular formula is C19H22N4O2. The zero-order valence-electron chi connectivity index (χ0n) is 14.1. The van der Waals surface area contributed by atoms with Crippen molar-refractivity contribution in [2.75, 3.05) is 0 Å². The smallest absolute Gasteiger partial charge is 0.243 e. The van der Waals surface area contributed by atoms with E-state index in [1.54, 1.807) is 5.48 Å². The highest BCUT2D eigenvalue weighted by Crippen LogP contribution is 2.18. The van der Waals surface area contributed by atoms with E-state index in [2.05, 4.69) is 34.6 Å². The van der Waals surface area contributed by atoms with Crippen LogP contribution in [0, 0.1) is 0 Å². The summed E-state index contributed by atoms with van der Waals surface area (Å²) in [5, 5.41) is 19.3. The van der Waals surface area contributed by atoms with Crippen LogP contribution >= 0.6 is 0 Å². The van der Waals surface area contributed by atoms with Crippen LogP contribution in [0.25, 0.3) is 16.5 Å². The quantitative estimate of drug-likeness (QED) is 0.375. The molecule has 0 unspecified atom stereocenters. The first-order valence-corrected chi connectivity index (χ1v) is 8.59. The molecule has 0 saturated heterocycles. The van der Waals surface area contributed by atoms with Gasteiger partial charge in [-0.2, -0.15) is 0 Å². The summed E-state index contributed by atoms with van der Waals surface area (Å²) in [5.41, 5.74) is 3.63. The van der Waals surface area contributed by atoms with E-state index < -0.39 is 0 Å². The number of hydrogen-bond acceptors (Lipinski definition) is 4. The Balaban J connectivity index is 1.51. The van der Waals surface area contributed by atoms with E-state index >= 15 is 0 Å². The molecular weight excluding hydrogens is 316 g/mol. The van der Waals surface area contributed by atoms with E-state index in [1.165, 1.54) is 10.8 Å². The third-order valence-electron chi connectivity index (χ3n) is 4.25. The van der Waals surface area contributed by atoms with E-state index in [9.17, 15) is 4.79 Å². The fraction of sp³-hybridized carbons (Fsp3) is 0.316. The minimum absolute atomic E-state index is 0.321. The Morgan fingerprint density at radius 2 is 1.84 bits per heavy atom. The average molecular weight is 338 g/mol. The molecule has 1 amide bonds. The molecule has 0 saturated carbocycles. The fourth-order valence-electron chi connectivity index (χ4n) is 2.86. The number of benzene rings is 2. The SMILES string of the molecule is O=C(CCCCCCc1cn(-c2ccc3ccccc3c2)nn1)NO. The van der Waals surface area contributed by atoms with Crippen molar-refractivity contribution in [3.63, 3.8) is 0 Å². The van der Waals surface area contributed by atoms with E-state index in [1.807, 2.05) is 29.1 Å². The Morgan fingerprint density at radius 3 is 2.68 bits per heavy atom. The molecule has 1 aromatic heterocycles. The number of hydroxylamine groups is 1. The maximum Gasteiger partial charge on any atom is 0.243 e. The highest BCUT2D eigenvalue weighted by Gasteiger charge is 2.04. The van der Waals surface area contributed by atoms with Gasteiger partial charge in [0.2, 0.25) is 5.91 Å². The van der Waals surface area contributed by atoms with Gasteiger partial charge >= 0.3 is 0 Å². The van der Waals surface area contributed by atoms with Gasteiger partial charge in [0.25, 0.3) is 0 Å². The summed E-state index contributed by atoms with van der Waals surface area (Å²) in [7, 11) is 0. The van der Waals surface area contributed by atoms with Gasteiger partial charge in [0, 0.05) is 6.42 Å². The average Bonchev–Trinajstić information content (AvgIpc) is 3.12. The summed E-state index contributed by atoms with van der Waals surface area (Å²) < 4.78 is 1.81. The molecule has 25 heavy (non-hydrogen) atoms. The number of aryl methyl sites for hydroxylation is 1. The molecule has 6 heteroatoms. The van der Waals surface area contributed by atoms with Crippen LogP contribution in [0.5, 0.6) is 0 Å². The van der Waals surface area contributed by atoms with Gasteiger partial charge < -0.3 is 0 Å². The number of amides is 1. The molecule has 0 radical (unpaired) electrons. The first kappa shape index (κ1) is 17.1. The third-order valence-corrected chi connectivity index (χ3v) is 4.25. The molecule has 2 aromatic carbocycles. The lowest BCUT2D eigenvalue weighted by atomic mass is 10.1. The number of unbranched alkanes of at least 4 members (excludes halogenated alkanes) is 3. The maximum atomic E-state index is 10.9. The van der Waals surface area contributed by atoms with Crippen molar-refractivity contribution in [3.05, 3.63) is 54.4 Å². The lowest BCUT2D eigenvalue weighted by molar-refractivity contribution is -0.129. The van der Waals surface area contributed by atoms with Gasteiger partial charge in [-0.05, 0) is 42.2 Å². The highest BCUT2D eigenvalue weighted by atomic mass is 16.5. The second-order valence-corrected chi connectivity index (χ2v) is 6.14. The number of carbonyl (C=O) groups is 1. The molecule has 0 bridgehead atoms. The van der Waals surface area contributed by atoms with Crippen molar-refractivity contribution in [2.24, 2.45) is 0 Å². The van der Waals surface area contributed by atoms with Crippen molar-refractivity contribution >= 4 is 16.7 Å². The van der Waals surface area contributed by atoms with Crippen molar-refractivity contribution in [3.8, 4) is 5.69 Å². The molecule has 0 aliphatic rings. The van der Waals surface area contributed by atoms with Crippen LogP contribution in [0.2, 0.25) is 0 Å². The number of carbonyl (C=O) groups excluding carboxylic acids is 1. The summed E-state index contributed by atoms with van der Waals surface area (Å²) >= 11 is 0. The number of fused-ring (bicyclic) bond motifs is 1. The lowest BCUT2D eigenvalue weighted by Crippen LogP contribution is -2.17. The molecule has 1 heterocycles. The number of nitrogens with one attached hydrogen (secondary N) is 1. The summed E-state index contributed by atoms with van der Waals surface area (Å²) in [5.74, 6) is -0.321. The number of aromatic nitrogens is 3. The number of nitrogens with zero attached hydrogens (tertiary/aromatic N) is 3. The summed E-state index contributed by atoms with van der Waals surface area (Å²) in [6, 6.07) is 14.5. The molecule has 0 spiro atoms. The van der Waals surface area contributed by atoms with Crippen LogP contribution in [0.3, 0.4) is 0 Å². The first-order chi connectivity index (χ1) is 12.3. The Bertz CT molecular complexity index is 844. The molecule has 6 nitrogen and oxygen atoms in total. The van der Waals surface area contributed by atoms with E-state index in [-0.39, 0.29) is 5.91 Å². The Kier molecular flexibility index (Phi) is 5.74. The van der Waals surface area contributed by atoms with Crippen LogP contribution < -0.4 is 5.48 Å². The van der Waals surface area contributed by atoms with Crippen LogP contribution in [0.15, 0.2) is 48.7 Å². The topological polar surface area (TPSA) is 80.0 Å². The zero-order valence-corrected chi connectivity index (χ0v) is 14.1. The predicted molar refractivity (Wildman–Crippen MR) is 95.6 cm³/mol. The highest BCUT2D eigenvalue weighted by molar-refractivity contribution is 5.84. The molecule has 2 N–H and O–H groups in total. The van der Waals surface area contributed by atoms with Crippen LogP contribution in [-0.2, 0) is 11.2 Å². The fourth-order valence-corrected chi connectivity index (χ4v) is 2.86. The van der Waals surface area contributed by atoms with E-state index in [4.69, 9.17) is 5.21 Å². The molecule has 3 rings (SSSR count). The van der Waals surface area contributed by atoms with Gasteiger partial charge in [0.05, 0.1) is 17.6 Å². The van der Waals surface area contributed by atoms with Gasteiger partial charge in [0.15, 0.2) is 0 Å². The van der Waals surface area contributed by atoms with Crippen LogP contribution in [0.1, 0.15) is 37.8 Å². The number of hydrogen-bond donors (Lipinski definition) is 2. The summed E-state index contributed by atoms with van der Waals surface area (Å²) in [6.07, 6.45) is 7.01. The minimum atomic E-state index is -0.321. The van der Waals surface area contributed by atoms with E-state index in [0.29, 0.717) is 6.42 Å². The van der Waals surface area contributed by atoms with Crippen molar-refractivity contribution in [1.82, 2.24) is 20.5 Å². The van der Waals surface area contributed by atoms with E-state index in [0.717, 1.165) is 43.5 Å². The Morgan fingerprint density at radius 1 is 1.04 bits per heavy atom. The Hall–Kier alpha value is -2.73. The van der Waals surface area contributed by atoms with Crippen molar-refractivity contribution in [2.45, 2.75) is 38.5 Å². The minimum Gasteiger partial charge on any atom is -0.289 e. The lowest BCUT2D eigenvalue weighted by Gasteiger charge is -2.02. The zero-order chi connectivity index (χ0) is 17.5. The predicted octanol–water partition coefficient (Wildman–Crippen LogP) is 3.42. The second kappa shape index (κ2) is 8.39. The summed E-state index contributed by atoms with van der Waals surface area (Å²) in [4.78, 5) is 10.9. The van der Waals surface area contributed by atoms with Crippen molar-refractivity contribution in [1.29, 1.82) is 0 Å². The van der Waals surface area contributed by atoms with Gasteiger partial charge in [-0.15, -0.1) is 5.10 Å². The van der Waals surface area contributed by atoms with Gasteiger partial charge in [-0.25, -0.2) is 10.2 Å². The number of rotatable bonds is 8. The monoisotopic (exact) mass is 338 g/mol. The molecule has 0 aliphatic carbocycles. The van der Waals surface area contributed by atoms with Gasteiger partial charge in [-0.3, -0.25) is 10.0 Å². The van der Waals surface area contributed by atoms with Crippen molar-refractivity contribution < 1.29 is 10.0 Å². The van der Waals surface area contributed by atoms with Crippen LogP contribution in [0.4, 0.5) is 0 Å². The molecule has 0 aliphatic heterocycles. The largest absolute Gasteiger partial charge is 0.289 e. The third kappa shape index (κ3) is 4.64. The molecule has 3 aromatic rings. The molecule has 130 valence electrons. The van der Waals surface area contributed by atoms with Gasteiger partial charge in [-0.1, -0.05) is 48.4 Å². The normalized spacial score (nSPS) is 10.9.